The maximum Gasteiger partial charge on any atom is 0.0558 e. The van der Waals surface area contributed by atoms with E-state index in [4.69, 9.17) is 0 Å². The van der Waals surface area contributed by atoms with Crippen molar-refractivity contribution < 1.29 is 0 Å². The van der Waals surface area contributed by atoms with Crippen molar-refractivity contribution in [1.82, 2.24) is 14.9 Å². The van der Waals surface area contributed by atoms with Gasteiger partial charge in [0.2, 0.25) is 0 Å². The average Bonchev–Trinajstić information content (AvgIpc) is 2.30. The van der Waals surface area contributed by atoms with Gasteiger partial charge in [0.25, 0.3) is 0 Å². The minimum absolute atomic E-state index is 1.01. The molecule has 0 aliphatic carbocycles. The van der Waals surface area contributed by atoms with Gasteiger partial charge in [0.05, 0.1) is 6.21 Å². The van der Waals surface area contributed by atoms with Crippen LogP contribution in [0.1, 0.15) is 5.56 Å². The molecule has 4 nitrogen and oxygen atoms in total. The lowest BCUT2D eigenvalue weighted by Crippen LogP contribution is -2.41. The number of hydrogen-bond acceptors (Lipinski definition) is 4. The van der Waals surface area contributed by atoms with E-state index >= 15 is 0 Å². The summed E-state index contributed by atoms with van der Waals surface area (Å²) in [4.78, 5) is 6.36. The summed E-state index contributed by atoms with van der Waals surface area (Å²) < 4.78 is 0. The Morgan fingerprint density at radius 1 is 1.33 bits per heavy atom. The van der Waals surface area contributed by atoms with Gasteiger partial charge in [-0.1, -0.05) is 6.07 Å². The van der Waals surface area contributed by atoms with Gasteiger partial charge in [-0.15, -0.1) is 0 Å². The molecule has 15 heavy (non-hydrogen) atoms. The fraction of sp³-hybridized carbons (Fsp3) is 0.455. The van der Waals surface area contributed by atoms with Crippen LogP contribution in [0, 0.1) is 0 Å². The minimum Gasteiger partial charge on any atom is -0.303 e. The molecule has 1 aliphatic rings. The zero-order valence-electron chi connectivity index (χ0n) is 9.00. The molecule has 0 bridgehead atoms. The first-order valence-corrected chi connectivity index (χ1v) is 5.22. The molecule has 4 heteroatoms. The number of pyridine rings is 1. The van der Waals surface area contributed by atoms with E-state index < -0.39 is 0 Å². The number of aromatic nitrogens is 1. The molecule has 2 heterocycles. The van der Waals surface area contributed by atoms with E-state index in [1.807, 2.05) is 24.5 Å². The Balaban J connectivity index is 1.89. The van der Waals surface area contributed by atoms with E-state index in [1.54, 1.807) is 6.20 Å². The third-order valence-electron chi connectivity index (χ3n) is 2.53. The van der Waals surface area contributed by atoms with Crippen LogP contribution in [-0.2, 0) is 0 Å². The van der Waals surface area contributed by atoms with Gasteiger partial charge < -0.3 is 4.90 Å². The van der Waals surface area contributed by atoms with Crippen LogP contribution in [-0.4, -0.2) is 54.3 Å². The van der Waals surface area contributed by atoms with Crippen LogP contribution in [0.2, 0.25) is 0 Å². The molecule has 1 aliphatic heterocycles. The first kappa shape index (κ1) is 10.1. The zero-order chi connectivity index (χ0) is 10.5. The van der Waals surface area contributed by atoms with Gasteiger partial charge >= 0.3 is 0 Å². The number of hydrazone groups is 1. The lowest BCUT2D eigenvalue weighted by molar-refractivity contribution is 0.159. The van der Waals surface area contributed by atoms with Crippen molar-refractivity contribution in [1.29, 1.82) is 0 Å². The minimum atomic E-state index is 1.01. The summed E-state index contributed by atoms with van der Waals surface area (Å²) in [6.07, 6.45) is 5.46. The molecule has 1 aromatic heterocycles. The fourth-order valence-corrected chi connectivity index (χ4v) is 1.51. The zero-order valence-corrected chi connectivity index (χ0v) is 9.00. The van der Waals surface area contributed by atoms with Crippen LogP contribution in [0.4, 0.5) is 0 Å². The molecular formula is C11H16N4. The van der Waals surface area contributed by atoms with E-state index in [2.05, 4.69) is 27.0 Å². The van der Waals surface area contributed by atoms with Crippen molar-refractivity contribution in [2.45, 2.75) is 0 Å². The highest BCUT2D eigenvalue weighted by atomic mass is 15.5. The predicted octanol–water partition coefficient (Wildman–Crippen LogP) is 0.663. The van der Waals surface area contributed by atoms with Gasteiger partial charge in [0.1, 0.15) is 0 Å². The molecule has 2 rings (SSSR count). The molecule has 80 valence electrons. The molecule has 0 amide bonds. The maximum absolute atomic E-state index is 4.43. The van der Waals surface area contributed by atoms with Crippen molar-refractivity contribution in [3.63, 3.8) is 0 Å². The number of nitrogens with zero attached hydrogens (tertiary/aromatic N) is 4. The largest absolute Gasteiger partial charge is 0.303 e. The van der Waals surface area contributed by atoms with Crippen LogP contribution >= 0.6 is 0 Å². The highest BCUT2D eigenvalue weighted by Gasteiger charge is 2.10. The van der Waals surface area contributed by atoms with Crippen molar-refractivity contribution >= 4 is 6.21 Å². The second kappa shape index (κ2) is 4.89. The second-order valence-corrected chi connectivity index (χ2v) is 3.79. The molecule has 0 spiro atoms. The summed E-state index contributed by atoms with van der Waals surface area (Å²) in [5.74, 6) is 0. The molecule has 1 fully saturated rings. The average molecular weight is 204 g/mol. The highest BCUT2D eigenvalue weighted by Crippen LogP contribution is 2.00. The third-order valence-corrected chi connectivity index (χ3v) is 2.53. The third kappa shape index (κ3) is 3.02. The molecule has 1 aromatic rings. The molecule has 1 saturated heterocycles. The first-order chi connectivity index (χ1) is 7.34. The van der Waals surface area contributed by atoms with Crippen LogP contribution in [0.3, 0.4) is 0 Å². The summed E-state index contributed by atoms with van der Waals surface area (Å²) in [6, 6.07) is 3.93. The van der Waals surface area contributed by atoms with Crippen LogP contribution in [0.15, 0.2) is 29.6 Å². The Kier molecular flexibility index (Phi) is 3.29. The molecule has 0 unspecified atom stereocenters. The van der Waals surface area contributed by atoms with Crippen LogP contribution in [0.5, 0.6) is 0 Å². The van der Waals surface area contributed by atoms with E-state index in [-0.39, 0.29) is 0 Å². The maximum atomic E-state index is 4.43. The molecule has 0 aromatic carbocycles. The van der Waals surface area contributed by atoms with Crippen LogP contribution in [0.25, 0.3) is 0 Å². The van der Waals surface area contributed by atoms with Gasteiger partial charge in [-0.25, -0.2) is 0 Å². The van der Waals surface area contributed by atoms with Crippen LogP contribution < -0.4 is 0 Å². The summed E-state index contributed by atoms with van der Waals surface area (Å²) in [7, 11) is 2.14. The summed E-state index contributed by atoms with van der Waals surface area (Å²) in [6.45, 7) is 4.19. The number of piperazine rings is 1. The molecule has 0 atom stereocenters. The molecular weight excluding hydrogens is 188 g/mol. The molecule has 0 N–H and O–H groups in total. The Hall–Kier alpha value is -1.42. The lowest BCUT2D eigenvalue weighted by Gasteiger charge is -2.30. The number of likely N-dealkylation sites (N-methyl/N-ethyl adjacent to an activating group) is 1. The van der Waals surface area contributed by atoms with Gasteiger partial charge in [0.15, 0.2) is 0 Å². The van der Waals surface area contributed by atoms with E-state index in [0.29, 0.717) is 0 Å². The highest BCUT2D eigenvalue weighted by molar-refractivity contribution is 5.78. The van der Waals surface area contributed by atoms with Crippen molar-refractivity contribution in [3.05, 3.63) is 30.1 Å². The molecule has 0 saturated carbocycles. The van der Waals surface area contributed by atoms with E-state index in [0.717, 1.165) is 31.7 Å². The molecule has 0 radical (unpaired) electrons. The number of rotatable bonds is 2. The Bertz CT molecular complexity index is 315. The Morgan fingerprint density at radius 3 is 2.80 bits per heavy atom. The SMILES string of the molecule is CN1CCN(/N=C\c2cccnc2)CC1. The van der Waals surface area contributed by atoms with Crippen molar-refractivity contribution in [2.75, 3.05) is 33.2 Å². The van der Waals surface area contributed by atoms with E-state index in [1.165, 1.54) is 0 Å². The predicted molar refractivity (Wildman–Crippen MR) is 60.9 cm³/mol. The smallest absolute Gasteiger partial charge is 0.0558 e. The van der Waals surface area contributed by atoms with Crippen molar-refractivity contribution in [2.24, 2.45) is 5.10 Å². The standard InChI is InChI=1S/C11H16N4/c1-14-5-7-15(8-6-14)13-10-11-3-2-4-12-9-11/h2-4,9-10H,5-8H2,1H3/b13-10-. The van der Waals surface area contributed by atoms with Gasteiger partial charge in [-0.2, -0.15) is 5.10 Å². The fourth-order valence-electron chi connectivity index (χ4n) is 1.51. The lowest BCUT2D eigenvalue weighted by atomic mass is 10.3. The summed E-state index contributed by atoms with van der Waals surface area (Å²) in [5, 5.41) is 6.53. The van der Waals surface area contributed by atoms with Gasteiger partial charge in [-0.05, 0) is 13.1 Å². The second-order valence-electron chi connectivity index (χ2n) is 3.79. The quantitative estimate of drug-likeness (QED) is 0.663. The topological polar surface area (TPSA) is 31.7 Å². The summed E-state index contributed by atoms with van der Waals surface area (Å²) >= 11 is 0. The number of hydrogen-bond donors (Lipinski definition) is 0. The van der Waals surface area contributed by atoms with Gasteiger partial charge in [-0.3, -0.25) is 9.99 Å². The Morgan fingerprint density at radius 2 is 2.13 bits per heavy atom. The van der Waals surface area contributed by atoms with E-state index in [9.17, 15) is 0 Å². The monoisotopic (exact) mass is 204 g/mol. The normalized spacial score (nSPS) is 18.6. The van der Waals surface area contributed by atoms with Crippen molar-refractivity contribution in [3.8, 4) is 0 Å². The summed E-state index contributed by atoms with van der Waals surface area (Å²) in [5.41, 5.74) is 1.05. The van der Waals surface area contributed by atoms with Gasteiger partial charge in [0, 0.05) is 44.1 Å². The first-order valence-electron chi connectivity index (χ1n) is 5.22. The Labute approximate surface area is 90.2 Å².